The number of hydrogen-bond acceptors (Lipinski definition) is 4. The van der Waals surface area contributed by atoms with Gasteiger partial charge in [0.25, 0.3) is 5.91 Å². The van der Waals surface area contributed by atoms with Crippen LogP contribution in [0, 0.1) is 6.92 Å². The lowest BCUT2D eigenvalue weighted by atomic mass is 10.2. The lowest BCUT2D eigenvalue weighted by molar-refractivity contribution is 0.0747. The molecule has 20 heavy (non-hydrogen) atoms. The van der Waals surface area contributed by atoms with Gasteiger partial charge < -0.3 is 10.6 Å². The molecule has 0 radical (unpaired) electrons. The van der Waals surface area contributed by atoms with Gasteiger partial charge in [-0.25, -0.2) is 4.98 Å². The molecule has 1 heterocycles. The molecule has 2 N–H and O–H groups in total. The maximum absolute atomic E-state index is 12.6. The van der Waals surface area contributed by atoms with Crippen molar-refractivity contribution in [2.45, 2.75) is 26.8 Å². The van der Waals surface area contributed by atoms with Crippen LogP contribution in [0.15, 0.2) is 29.8 Å². The number of aryl methyl sites for hydroxylation is 1. The van der Waals surface area contributed by atoms with Crippen molar-refractivity contribution in [3.05, 3.63) is 45.9 Å². The van der Waals surface area contributed by atoms with Crippen LogP contribution in [0.3, 0.4) is 0 Å². The summed E-state index contributed by atoms with van der Waals surface area (Å²) in [7, 11) is 0. The average Bonchev–Trinajstić information content (AvgIpc) is 2.84. The first-order valence-electron chi connectivity index (χ1n) is 6.65. The van der Waals surface area contributed by atoms with Gasteiger partial charge in [0.2, 0.25) is 0 Å². The van der Waals surface area contributed by atoms with Crippen molar-refractivity contribution < 1.29 is 4.79 Å². The number of anilines is 1. The van der Waals surface area contributed by atoms with E-state index in [4.69, 9.17) is 5.73 Å². The van der Waals surface area contributed by atoms with Crippen LogP contribution in [0.2, 0.25) is 0 Å². The standard InChI is InChI=1S/C15H19N3OS/c1-3-7-18(9-12-5-4-6-13(16)8-12)15(19)14-11(2)17-10-20-14/h4-6,8,10H,3,7,9,16H2,1-2H3. The molecule has 1 amide bonds. The molecular formula is C15H19N3OS. The van der Waals surface area contributed by atoms with E-state index in [-0.39, 0.29) is 5.91 Å². The number of carbonyl (C=O) groups excluding carboxylic acids is 1. The van der Waals surface area contributed by atoms with Crippen molar-refractivity contribution in [2.24, 2.45) is 0 Å². The van der Waals surface area contributed by atoms with E-state index >= 15 is 0 Å². The summed E-state index contributed by atoms with van der Waals surface area (Å²) < 4.78 is 0. The summed E-state index contributed by atoms with van der Waals surface area (Å²) in [6.07, 6.45) is 0.923. The predicted octanol–water partition coefficient (Wildman–Crippen LogP) is 3.09. The number of hydrogen-bond donors (Lipinski definition) is 1. The van der Waals surface area contributed by atoms with Crippen LogP contribution in [0.4, 0.5) is 5.69 Å². The van der Waals surface area contributed by atoms with Gasteiger partial charge in [-0.15, -0.1) is 11.3 Å². The Morgan fingerprint density at radius 2 is 2.25 bits per heavy atom. The molecule has 0 saturated carbocycles. The fraction of sp³-hybridized carbons (Fsp3) is 0.333. The molecule has 0 bridgehead atoms. The molecule has 0 unspecified atom stereocenters. The molecule has 106 valence electrons. The van der Waals surface area contributed by atoms with E-state index in [9.17, 15) is 4.79 Å². The van der Waals surface area contributed by atoms with Crippen LogP contribution >= 0.6 is 11.3 Å². The van der Waals surface area contributed by atoms with E-state index in [1.165, 1.54) is 11.3 Å². The lowest BCUT2D eigenvalue weighted by Crippen LogP contribution is -2.31. The first-order chi connectivity index (χ1) is 9.61. The molecular weight excluding hydrogens is 270 g/mol. The van der Waals surface area contributed by atoms with Crippen molar-refractivity contribution in [1.29, 1.82) is 0 Å². The second-order valence-electron chi connectivity index (χ2n) is 4.74. The highest BCUT2D eigenvalue weighted by molar-refractivity contribution is 7.11. The maximum atomic E-state index is 12.6. The Balaban J connectivity index is 2.19. The molecule has 5 heteroatoms. The number of aromatic nitrogens is 1. The summed E-state index contributed by atoms with van der Waals surface area (Å²) in [5, 5.41) is 0. The summed E-state index contributed by atoms with van der Waals surface area (Å²) in [6, 6.07) is 7.67. The van der Waals surface area contributed by atoms with E-state index in [2.05, 4.69) is 11.9 Å². The van der Waals surface area contributed by atoms with Gasteiger partial charge in [-0.2, -0.15) is 0 Å². The second kappa shape index (κ2) is 6.52. The largest absolute Gasteiger partial charge is 0.399 e. The number of nitrogens with two attached hydrogens (primary N) is 1. The predicted molar refractivity (Wildman–Crippen MR) is 82.7 cm³/mol. The molecule has 0 spiro atoms. The molecule has 1 aromatic carbocycles. The normalized spacial score (nSPS) is 10.5. The number of rotatable bonds is 5. The van der Waals surface area contributed by atoms with Gasteiger partial charge in [0.1, 0.15) is 4.88 Å². The average molecular weight is 289 g/mol. The van der Waals surface area contributed by atoms with Gasteiger partial charge in [0.15, 0.2) is 0 Å². The number of amides is 1. The van der Waals surface area contributed by atoms with Crippen molar-refractivity contribution in [3.8, 4) is 0 Å². The minimum Gasteiger partial charge on any atom is -0.399 e. The molecule has 4 nitrogen and oxygen atoms in total. The summed E-state index contributed by atoms with van der Waals surface area (Å²) in [5.41, 5.74) is 10.1. The van der Waals surface area contributed by atoms with Crippen LogP contribution in [0.25, 0.3) is 0 Å². The Hall–Kier alpha value is -1.88. The highest BCUT2D eigenvalue weighted by Gasteiger charge is 2.19. The van der Waals surface area contributed by atoms with Crippen molar-refractivity contribution in [2.75, 3.05) is 12.3 Å². The van der Waals surface area contributed by atoms with Crippen LogP contribution < -0.4 is 5.73 Å². The molecule has 2 aromatic rings. The third-order valence-electron chi connectivity index (χ3n) is 3.04. The van der Waals surface area contributed by atoms with Gasteiger partial charge >= 0.3 is 0 Å². The van der Waals surface area contributed by atoms with E-state index < -0.39 is 0 Å². The number of thiazole rings is 1. The number of carbonyl (C=O) groups is 1. The van der Waals surface area contributed by atoms with Crippen LogP contribution in [-0.2, 0) is 6.54 Å². The molecule has 0 aliphatic carbocycles. The molecule has 0 fully saturated rings. The summed E-state index contributed by atoms with van der Waals surface area (Å²) in [5.74, 6) is 0.0503. The fourth-order valence-corrected chi connectivity index (χ4v) is 2.85. The zero-order valence-corrected chi connectivity index (χ0v) is 12.6. The monoisotopic (exact) mass is 289 g/mol. The summed E-state index contributed by atoms with van der Waals surface area (Å²) in [6.45, 7) is 5.24. The van der Waals surface area contributed by atoms with Crippen molar-refractivity contribution in [3.63, 3.8) is 0 Å². The number of benzene rings is 1. The highest BCUT2D eigenvalue weighted by atomic mass is 32.1. The molecule has 2 rings (SSSR count). The van der Waals surface area contributed by atoms with Crippen molar-refractivity contribution in [1.82, 2.24) is 9.88 Å². The van der Waals surface area contributed by atoms with Crippen LogP contribution in [0.1, 0.15) is 34.3 Å². The van der Waals surface area contributed by atoms with E-state index in [0.717, 1.165) is 34.8 Å². The van der Waals surface area contributed by atoms with Gasteiger partial charge in [-0.1, -0.05) is 19.1 Å². The lowest BCUT2D eigenvalue weighted by Gasteiger charge is -2.22. The summed E-state index contributed by atoms with van der Waals surface area (Å²) in [4.78, 5) is 19.3. The molecule has 0 aliphatic rings. The topological polar surface area (TPSA) is 59.2 Å². The van der Waals surface area contributed by atoms with Crippen LogP contribution in [0.5, 0.6) is 0 Å². The van der Waals surface area contributed by atoms with E-state index in [0.29, 0.717) is 6.54 Å². The second-order valence-corrected chi connectivity index (χ2v) is 5.59. The zero-order valence-electron chi connectivity index (χ0n) is 11.8. The quantitative estimate of drug-likeness (QED) is 0.860. The highest BCUT2D eigenvalue weighted by Crippen LogP contribution is 2.18. The van der Waals surface area contributed by atoms with E-state index in [1.807, 2.05) is 36.1 Å². The zero-order chi connectivity index (χ0) is 14.5. The molecule has 0 saturated heterocycles. The Kier molecular flexibility index (Phi) is 4.74. The van der Waals surface area contributed by atoms with Gasteiger partial charge in [-0.05, 0) is 31.0 Å². The molecule has 0 atom stereocenters. The third-order valence-corrected chi connectivity index (χ3v) is 3.96. The maximum Gasteiger partial charge on any atom is 0.266 e. The first kappa shape index (κ1) is 14.5. The number of nitrogen functional groups attached to an aromatic ring is 1. The smallest absolute Gasteiger partial charge is 0.266 e. The Morgan fingerprint density at radius 1 is 1.45 bits per heavy atom. The third kappa shape index (κ3) is 3.36. The Labute approximate surface area is 123 Å². The van der Waals surface area contributed by atoms with Gasteiger partial charge in [0.05, 0.1) is 11.2 Å². The van der Waals surface area contributed by atoms with Gasteiger partial charge in [-0.3, -0.25) is 4.79 Å². The minimum atomic E-state index is 0.0503. The Morgan fingerprint density at radius 3 is 2.85 bits per heavy atom. The molecule has 0 aliphatic heterocycles. The molecule has 1 aromatic heterocycles. The van der Waals surface area contributed by atoms with Crippen molar-refractivity contribution >= 4 is 22.9 Å². The Bertz CT molecular complexity index is 594. The van der Waals surface area contributed by atoms with Gasteiger partial charge in [0, 0.05) is 18.8 Å². The number of nitrogens with zero attached hydrogens (tertiary/aromatic N) is 2. The summed E-state index contributed by atoms with van der Waals surface area (Å²) >= 11 is 1.40. The minimum absolute atomic E-state index is 0.0503. The van der Waals surface area contributed by atoms with E-state index in [1.54, 1.807) is 5.51 Å². The van der Waals surface area contributed by atoms with Crippen LogP contribution in [-0.4, -0.2) is 22.3 Å². The fourth-order valence-electron chi connectivity index (χ4n) is 2.08. The SMILES string of the molecule is CCCN(Cc1cccc(N)c1)C(=O)c1scnc1C. The first-order valence-corrected chi connectivity index (χ1v) is 7.53.